The van der Waals surface area contributed by atoms with Gasteiger partial charge < -0.3 is 0 Å². The smallest absolute Gasteiger partial charge is 0.0682 e. The Labute approximate surface area is 354 Å². The molecule has 0 radical (unpaired) electrons. The summed E-state index contributed by atoms with van der Waals surface area (Å²) in [7, 11) is 0. The molecular formula is C60H37N. The molecule has 11 aromatic carbocycles. The highest BCUT2D eigenvalue weighted by Crippen LogP contribution is 2.51. The van der Waals surface area contributed by atoms with Crippen molar-refractivity contribution in [2.45, 2.75) is 5.92 Å². The van der Waals surface area contributed by atoms with E-state index in [9.17, 15) is 0 Å². The van der Waals surface area contributed by atoms with E-state index in [2.05, 4.69) is 218 Å². The van der Waals surface area contributed by atoms with Gasteiger partial charge >= 0.3 is 0 Å². The minimum absolute atomic E-state index is 0.156. The first kappa shape index (κ1) is 34.0. The van der Waals surface area contributed by atoms with Crippen molar-refractivity contribution >= 4 is 54.5 Å². The zero-order valence-electron chi connectivity index (χ0n) is 33.3. The molecule has 0 saturated carbocycles. The monoisotopic (exact) mass is 771 g/mol. The lowest BCUT2D eigenvalue weighted by atomic mass is 9.75. The number of hydrogen-bond acceptors (Lipinski definition) is 1. The average molecular weight is 772 g/mol. The molecule has 0 bridgehead atoms. The molecule has 0 saturated heterocycles. The molecule has 61 heavy (non-hydrogen) atoms. The number of fused-ring (bicyclic) bond motifs is 12. The molecule has 1 aliphatic carbocycles. The quantitative estimate of drug-likeness (QED) is 0.158. The number of hydrogen-bond donors (Lipinski definition) is 0. The molecule has 1 atom stereocenters. The number of nitrogens with zero attached hydrogens (tertiary/aromatic N) is 1. The summed E-state index contributed by atoms with van der Waals surface area (Å²) in [6.07, 6.45) is 0. The number of rotatable bonds is 4. The third-order valence-corrected chi connectivity index (χ3v) is 13.3. The van der Waals surface area contributed by atoms with E-state index in [0.717, 1.165) is 11.4 Å². The zero-order chi connectivity index (χ0) is 40.0. The maximum atomic E-state index is 5.33. The summed E-state index contributed by atoms with van der Waals surface area (Å²) in [5, 5.41) is 10.0. The lowest BCUT2D eigenvalue weighted by Gasteiger charge is -2.26. The van der Waals surface area contributed by atoms with E-state index in [-0.39, 0.29) is 5.92 Å². The molecule has 282 valence electrons. The topological polar surface area (TPSA) is 12.4 Å². The van der Waals surface area contributed by atoms with Crippen LogP contribution in [0.3, 0.4) is 0 Å². The van der Waals surface area contributed by atoms with Gasteiger partial charge in [0.05, 0.1) is 17.3 Å². The largest absolute Gasteiger partial charge is 0.251 e. The van der Waals surface area contributed by atoms with Gasteiger partial charge in [-0.3, -0.25) is 4.99 Å². The summed E-state index contributed by atoms with van der Waals surface area (Å²) in [5.41, 5.74) is 18.4. The van der Waals surface area contributed by atoms with Crippen molar-refractivity contribution in [1.82, 2.24) is 0 Å². The van der Waals surface area contributed by atoms with Crippen LogP contribution in [0, 0.1) is 0 Å². The highest BCUT2D eigenvalue weighted by molar-refractivity contribution is 6.23. The minimum atomic E-state index is 0.156. The van der Waals surface area contributed by atoms with E-state index in [1.807, 2.05) is 0 Å². The van der Waals surface area contributed by atoms with Gasteiger partial charge in [0.2, 0.25) is 0 Å². The van der Waals surface area contributed by atoms with Gasteiger partial charge in [-0.15, -0.1) is 0 Å². The van der Waals surface area contributed by atoms with Gasteiger partial charge in [0.25, 0.3) is 0 Å². The Bertz CT molecular complexity index is 3640. The molecule has 1 aliphatic heterocycles. The fourth-order valence-electron chi connectivity index (χ4n) is 10.4. The van der Waals surface area contributed by atoms with Crippen molar-refractivity contribution in [2.75, 3.05) is 0 Å². The summed E-state index contributed by atoms with van der Waals surface area (Å²) < 4.78 is 0. The third-order valence-electron chi connectivity index (χ3n) is 13.3. The summed E-state index contributed by atoms with van der Waals surface area (Å²) in [5.74, 6) is 0.156. The van der Waals surface area contributed by atoms with Crippen molar-refractivity contribution in [3.05, 3.63) is 235 Å². The normalized spacial score (nSPS) is 13.8. The Hall–Kier alpha value is -7.87. The van der Waals surface area contributed by atoms with E-state index >= 15 is 0 Å². The molecule has 11 aromatic rings. The van der Waals surface area contributed by atoms with Crippen molar-refractivity contribution in [1.29, 1.82) is 0 Å². The van der Waals surface area contributed by atoms with Gasteiger partial charge in [0.15, 0.2) is 0 Å². The molecule has 1 heterocycles. The van der Waals surface area contributed by atoms with Crippen LogP contribution < -0.4 is 0 Å². The van der Waals surface area contributed by atoms with Gasteiger partial charge in [0.1, 0.15) is 0 Å². The molecule has 0 amide bonds. The van der Waals surface area contributed by atoms with Gasteiger partial charge in [-0.05, 0) is 134 Å². The molecule has 13 rings (SSSR count). The van der Waals surface area contributed by atoms with Gasteiger partial charge in [-0.2, -0.15) is 0 Å². The van der Waals surface area contributed by atoms with E-state index in [4.69, 9.17) is 4.99 Å². The fraction of sp³-hybridized carbons (Fsp3) is 0.0167. The van der Waals surface area contributed by atoms with Gasteiger partial charge in [-0.1, -0.05) is 194 Å². The lowest BCUT2D eigenvalue weighted by Crippen LogP contribution is -2.18. The summed E-state index contributed by atoms with van der Waals surface area (Å²) in [6, 6.07) is 80.7. The first-order valence-corrected chi connectivity index (χ1v) is 21.2. The molecule has 1 unspecified atom stereocenters. The van der Waals surface area contributed by atoms with E-state index < -0.39 is 0 Å². The third kappa shape index (κ3) is 5.31. The Morgan fingerprint density at radius 2 is 0.754 bits per heavy atom. The lowest BCUT2D eigenvalue weighted by molar-refractivity contribution is 1.10. The van der Waals surface area contributed by atoms with Crippen LogP contribution in [0.15, 0.2) is 223 Å². The Kier molecular flexibility index (Phi) is 7.44. The van der Waals surface area contributed by atoms with Gasteiger partial charge in [-0.25, -0.2) is 0 Å². The molecule has 0 N–H and O–H groups in total. The fourth-order valence-corrected chi connectivity index (χ4v) is 10.4. The zero-order valence-corrected chi connectivity index (χ0v) is 33.3. The van der Waals surface area contributed by atoms with Gasteiger partial charge in [0, 0.05) is 5.56 Å². The predicted octanol–water partition coefficient (Wildman–Crippen LogP) is 16.2. The molecular weight excluding hydrogens is 735 g/mol. The van der Waals surface area contributed by atoms with Crippen LogP contribution >= 0.6 is 0 Å². The van der Waals surface area contributed by atoms with E-state index in [1.54, 1.807) is 0 Å². The Morgan fingerprint density at radius 3 is 1.43 bits per heavy atom. The summed E-state index contributed by atoms with van der Waals surface area (Å²) >= 11 is 0. The minimum Gasteiger partial charge on any atom is -0.251 e. The van der Waals surface area contributed by atoms with Crippen molar-refractivity contribution in [3.63, 3.8) is 0 Å². The number of benzene rings is 11. The standard InChI is InChI=1S/C60H37N/c1-3-13-41-33-45(27-25-37(41)11-1)57-50-18-8-9-19-51(50)58(46-28-26-38-12-2-4-14-42(38)34-46)55-35-43(29-31-52(55)57)39-21-23-40(24-22-39)44-30-32-54-56(36-44)61-60-53-20-10-6-16-48(53)47-15-5-7-17-49(47)59(54)60/h1-36,59H. The molecule has 0 aromatic heterocycles. The van der Waals surface area contributed by atoms with E-state index in [1.165, 1.54) is 115 Å². The van der Waals surface area contributed by atoms with Crippen LogP contribution in [0.5, 0.6) is 0 Å². The maximum Gasteiger partial charge on any atom is 0.0682 e. The maximum absolute atomic E-state index is 5.33. The average Bonchev–Trinajstić information content (AvgIpc) is 3.72. The first-order valence-electron chi connectivity index (χ1n) is 21.2. The van der Waals surface area contributed by atoms with Crippen LogP contribution in [-0.4, -0.2) is 5.71 Å². The second-order valence-electron chi connectivity index (χ2n) is 16.6. The predicted molar refractivity (Wildman–Crippen MR) is 258 cm³/mol. The SMILES string of the molecule is c1ccc2c(c1)C1=Nc3cc(-c4ccc(-c5ccc6c(-c7ccc8ccccc8c7)c7ccccc7c(-c7ccc8ccccc8c7)c6c5)cc4)ccc3C1c1ccccc1-2. The van der Waals surface area contributed by atoms with E-state index in [0.29, 0.717) is 0 Å². The van der Waals surface area contributed by atoms with Crippen molar-refractivity contribution in [3.8, 4) is 55.6 Å². The molecule has 2 aliphatic rings. The highest BCUT2D eigenvalue weighted by Gasteiger charge is 2.36. The summed E-state index contributed by atoms with van der Waals surface area (Å²) in [4.78, 5) is 5.33. The van der Waals surface area contributed by atoms with Crippen LogP contribution in [-0.2, 0) is 0 Å². The number of aliphatic imine (C=N–C) groups is 1. The van der Waals surface area contributed by atoms with Crippen LogP contribution in [0.2, 0.25) is 0 Å². The van der Waals surface area contributed by atoms with Crippen molar-refractivity contribution < 1.29 is 0 Å². The molecule has 0 spiro atoms. The van der Waals surface area contributed by atoms with Crippen molar-refractivity contribution in [2.24, 2.45) is 4.99 Å². The van der Waals surface area contributed by atoms with Crippen LogP contribution in [0.4, 0.5) is 5.69 Å². The second-order valence-corrected chi connectivity index (χ2v) is 16.6. The molecule has 1 heteroatoms. The molecule has 1 nitrogen and oxygen atoms in total. The Morgan fingerprint density at radius 1 is 0.279 bits per heavy atom. The van der Waals surface area contributed by atoms with Crippen LogP contribution in [0.1, 0.15) is 22.6 Å². The molecule has 0 fully saturated rings. The first-order chi connectivity index (χ1) is 30.2. The highest BCUT2D eigenvalue weighted by atomic mass is 14.8. The van der Waals surface area contributed by atoms with Crippen LogP contribution in [0.25, 0.3) is 98.7 Å². The second kappa shape index (κ2) is 13.3. The summed E-state index contributed by atoms with van der Waals surface area (Å²) in [6.45, 7) is 0. The Balaban J connectivity index is 0.945.